The maximum Gasteiger partial charge on any atom is 0.280 e. The fourth-order valence-corrected chi connectivity index (χ4v) is 3.85. The first kappa shape index (κ1) is 14.3. The fourth-order valence-electron chi connectivity index (χ4n) is 3.85. The van der Waals surface area contributed by atoms with E-state index in [0.29, 0.717) is 13.2 Å². The second-order valence-electron chi connectivity index (χ2n) is 5.99. The maximum atomic E-state index is 5.94. The lowest BCUT2D eigenvalue weighted by atomic mass is 9.90. The molecular formula is C14H22O7. The summed E-state index contributed by atoms with van der Waals surface area (Å²) >= 11 is 0. The van der Waals surface area contributed by atoms with Gasteiger partial charge in [0.15, 0.2) is 0 Å². The summed E-state index contributed by atoms with van der Waals surface area (Å²) in [6, 6.07) is 0. The Morgan fingerprint density at radius 3 is 1.29 bits per heavy atom. The standard InChI is InChI=1S/C14H22O7/c1-5-15-13(3)18-9-7-11-12(8(17-7)10(9)19-13)21-14(4,20-11)16-6-2/h7-12H,5-6H2,1-4H3/t7-,8+,9-,10+,11+,12-,13?,14?. The van der Waals surface area contributed by atoms with Crippen molar-refractivity contribution in [2.24, 2.45) is 0 Å². The van der Waals surface area contributed by atoms with E-state index in [1.165, 1.54) is 0 Å². The van der Waals surface area contributed by atoms with Gasteiger partial charge in [-0.05, 0) is 13.8 Å². The van der Waals surface area contributed by atoms with Gasteiger partial charge < -0.3 is 33.2 Å². The van der Waals surface area contributed by atoms with E-state index in [4.69, 9.17) is 33.2 Å². The molecule has 0 aliphatic carbocycles. The van der Waals surface area contributed by atoms with Crippen LogP contribution in [-0.4, -0.2) is 61.8 Å². The lowest BCUT2D eigenvalue weighted by Gasteiger charge is -2.27. The van der Waals surface area contributed by atoms with Gasteiger partial charge in [-0.2, -0.15) is 0 Å². The molecule has 4 heterocycles. The van der Waals surface area contributed by atoms with Crippen molar-refractivity contribution in [3.05, 3.63) is 0 Å². The Hall–Kier alpha value is -0.280. The van der Waals surface area contributed by atoms with E-state index in [1.54, 1.807) is 13.8 Å². The summed E-state index contributed by atoms with van der Waals surface area (Å²) in [6.07, 6.45) is -1.20. The highest BCUT2D eigenvalue weighted by Crippen LogP contribution is 2.52. The Balaban J connectivity index is 1.52. The minimum atomic E-state index is -1.01. The van der Waals surface area contributed by atoms with E-state index >= 15 is 0 Å². The quantitative estimate of drug-likeness (QED) is 0.759. The number of hydrogen-bond donors (Lipinski definition) is 0. The summed E-state index contributed by atoms with van der Waals surface area (Å²) < 4.78 is 40.8. The predicted octanol–water partition coefficient (Wildman–Crippen LogP) is 0.756. The van der Waals surface area contributed by atoms with E-state index in [0.717, 1.165) is 0 Å². The molecule has 7 nitrogen and oxygen atoms in total. The molecule has 0 saturated carbocycles. The lowest BCUT2D eigenvalue weighted by Crippen LogP contribution is -2.49. The van der Waals surface area contributed by atoms with Crippen LogP contribution in [0.3, 0.4) is 0 Å². The van der Waals surface area contributed by atoms with Crippen LogP contribution in [-0.2, 0) is 33.2 Å². The average Bonchev–Trinajstić information content (AvgIpc) is 3.05. The van der Waals surface area contributed by atoms with Crippen LogP contribution in [0.15, 0.2) is 0 Å². The minimum absolute atomic E-state index is 0.194. The topological polar surface area (TPSA) is 64.6 Å². The molecule has 120 valence electrons. The first-order valence-electron chi connectivity index (χ1n) is 7.63. The third kappa shape index (κ3) is 1.99. The van der Waals surface area contributed by atoms with Crippen LogP contribution in [0.4, 0.5) is 0 Å². The van der Waals surface area contributed by atoms with Gasteiger partial charge in [-0.3, -0.25) is 0 Å². The molecule has 2 unspecified atom stereocenters. The van der Waals surface area contributed by atoms with E-state index < -0.39 is 11.9 Å². The van der Waals surface area contributed by atoms with Gasteiger partial charge in [-0.25, -0.2) is 0 Å². The van der Waals surface area contributed by atoms with Crippen LogP contribution in [0.25, 0.3) is 0 Å². The van der Waals surface area contributed by atoms with Crippen molar-refractivity contribution < 1.29 is 33.2 Å². The second-order valence-corrected chi connectivity index (χ2v) is 5.99. The second kappa shape index (κ2) is 4.61. The number of fused-ring (bicyclic) bond motifs is 8. The van der Waals surface area contributed by atoms with Crippen molar-refractivity contribution in [2.45, 2.75) is 76.3 Å². The van der Waals surface area contributed by atoms with E-state index in [-0.39, 0.29) is 36.6 Å². The van der Waals surface area contributed by atoms with Gasteiger partial charge in [0, 0.05) is 27.1 Å². The van der Waals surface area contributed by atoms with Gasteiger partial charge in [0.25, 0.3) is 11.9 Å². The Morgan fingerprint density at radius 2 is 1.00 bits per heavy atom. The molecule has 8 atom stereocenters. The molecule has 0 aromatic heterocycles. The molecule has 4 aliphatic rings. The first-order valence-corrected chi connectivity index (χ1v) is 7.63. The largest absolute Gasteiger partial charge is 0.364 e. The Bertz CT molecular complexity index is 366. The smallest absolute Gasteiger partial charge is 0.280 e. The molecule has 0 aromatic rings. The lowest BCUT2D eigenvalue weighted by molar-refractivity contribution is -0.357. The highest BCUT2D eigenvalue weighted by molar-refractivity contribution is 5.14. The monoisotopic (exact) mass is 302 g/mol. The molecule has 7 heteroatoms. The molecule has 0 aromatic carbocycles. The number of rotatable bonds is 4. The third-order valence-electron chi connectivity index (χ3n) is 4.47. The zero-order chi connectivity index (χ0) is 14.8. The highest BCUT2D eigenvalue weighted by atomic mass is 16.9. The zero-order valence-electron chi connectivity index (χ0n) is 12.7. The molecule has 21 heavy (non-hydrogen) atoms. The molecule has 4 fully saturated rings. The van der Waals surface area contributed by atoms with Crippen LogP contribution >= 0.6 is 0 Å². The molecule has 4 aliphatic heterocycles. The van der Waals surface area contributed by atoms with Crippen LogP contribution in [0, 0.1) is 0 Å². The Morgan fingerprint density at radius 1 is 0.667 bits per heavy atom. The third-order valence-corrected chi connectivity index (χ3v) is 4.47. The number of hydrogen-bond acceptors (Lipinski definition) is 7. The summed E-state index contributed by atoms with van der Waals surface area (Å²) in [4.78, 5) is 0. The molecular weight excluding hydrogens is 280 g/mol. The van der Waals surface area contributed by atoms with Crippen molar-refractivity contribution in [3.8, 4) is 0 Å². The molecule has 2 bridgehead atoms. The molecule has 4 rings (SSSR count). The summed E-state index contributed by atoms with van der Waals surface area (Å²) in [7, 11) is 0. The van der Waals surface area contributed by atoms with Crippen molar-refractivity contribution in [1.29, 1.82) is 0 Å². The summed E-state index contributed by atoms with van der Waals surface area (Å²) in [6.45, 7) is 8.44. The van der Waals surface area contributed by atoms with Crippen LogP contribution < -0.4 is 0 Å². The molecule has 0 N–H and O–H groups in total. The van der Waals surface area contributed by atoms with Gasteiger partial charge in [0.1, 0.15) is 36.6 Å². The first-order chi connectivity index (χ1) is 9.99. The molecule has 0 spiro atoms. The highest BCUT2D eigenvalue weighted by Gasteiger charge is 2.71. The SMILES string of the molecule is CCOC1(C)O[C@@H]2[C@H]3O[C@H]([C@H]4OC(C)(OCC)O[C@@H]34)[C@@H]2O1. The summed E-state index contributed by atoms with van der Waals surface area (Å²) in [5.41, 5.74) is 0. The van der Waals surface area contributed by atoms with E-state index in [2.05, 4.69) is 0 Å². The van der Waals surface area contributed by atoms with Gasteiger partial charge in [-0.1, -0.05) is 0 Å². The zero-order valence-corrected chi connectivity index (χ0v) is 12.7. The van der Waals surface area contributed by atoms with Crippen LogP contribution in [0.2, 0.25) is 0 Å². The molecule has 0 amide bonds. The predicted molar refractivity (Wildman–Crippen MR) is 68.2 cm³/mol. The van der Waals surface area contributed by atoms with Gasteiger partial charge in [0.2, 0.25) is 0 Å². The number of ether oxygens (including phenoxy) is 7. The van der Waals surface area contributed by atoms with Crippen molar-refractivity contribution in [2.75, 3.05) is 13.2 Å². The fraction of sp³-hybridized carbons (Fsp3) is 1.00. The molecule has 4 saturated heterocycles. The average molecular weight is 302 g/mol. The normalized spacial score (nSPS) is 57.7. The van der Waals surface area contributed by atoms with Crippen LogP contribution in [0.5, 0.6) is 0 Å². The molecule has 0 radical (unpaired) electrons. The van der Waals surface area contributed by atoms with Gasteiger partial charge in [0.05, 0.1) is 0 Å². The van der Waals surface area contributed by atoms with Crippen molar-refractivity contribution in [3.63, 3.8) is 0 Å². The van der Waals surface area contributed by atoms with Crippen molar-refractivity contribution in [1.82, 2.24) is 0 Å². The maximum absolute atomic E-state index is 5.94. The summed E-state index contributed by atoms with van der Waals surface area (Å²) in [5, 5.41) is 0. The summed E-state index contributed by atoms with van der Waals surface area (Å²) in [5.74, 6) is -2.02. The Labute approximate surface area is 123 Å². The van der Waals surface area contributed by atoms with E-state index in [9.17, 15) is 0 Å². The van der Waals surface area contributed by atoms with Crippen molar-refractivity contribution >= 4 is 0 Å². The van der Waals surface area contributed by atoms with Gasteiger partial charge in [-0.15, -0.1) is 0 Å². The minimum Gasteiger partial charge on any atom is -0.364 e. The Kier molecular flexibility index (Phi) is 3.14. The van der Waals surface area contributed by atoms with E-state index in [1.807, 2.05) is 13.8 Å². The van der Waals surface area contributed by atoms with Crippen LogP contribution in [0.1, 0.15) is 27.7 Å². The van der Waals surface area contributed by atoms with Gasteiger partial charge >= 0.3 is 0 Å².